The number of hydrogen-bond acceptors (Lipinski definition) is 4. The Kier molecular flexibility index (Phi) is 4.89. The summed E-state index contributed by atoms with van der Waals surface area (Å²) in [5.41, 5.74) is 1.77. The van der Waals surface area contributed by atoms with E-state index in [-0.39, 0.29) is 0 Å². The normalized spacial score (nSPS) is 10.4. The molecule has 0 aliphatic carbocycles. The Labute approximate surface area is 117 Å². The number of hydrogen-bond donors (Lipinski definition) is 0. The molecule has 0 saturated carbocycles. The van der Waals surface area contributed by atoms with Gasteiger partial charge in [-0.05, 0) is 23.8 Å². The molecule has 20 heavy (non-hydrogen) atoms. The molecule has 1 aromatic carbocycles. The molecular weight excluding hydrogens is 254 g/mol. The van der Waals surface area contributed by atoms with Crippen LogP contribution in [0.2, 0.25) is 0 Å². The van der Waals surface area contributed by atoms with Gasteiger partial charge in [-0.1, -0.05) is 30.3 Å². The molecular formula is C16H15NO3. The Morgan fingerprint density at radius 1 is 1.20 bits per heavy atom. The number of pyridine rings is 1. The summed E-state index contributed by atoms with van der Waals surface area (Å²) in [6.07, 6.45) is 4.54. The third kappa shape index (κ3) is 4.24. The second-order valence-corrected chi connectivity index (χ2v) is 4.05. The Bertz CT molecular complexity index is 576. The predicted octanol–water partition coefficient (Wildman–Crippen LogP) is 2.85. The number of aromatic nitrogens is 1. The summed E-state index contributed by atoms with van der Waals surface area (Å²) in [6, 6.07) is 13.5. The molecule has 0 aliphatic rings. The second-order valence-electron chi connectivity index (χ2n) is 4.05. The maximum atomic E-state index is 10.9. The maximum absolute atomic E-state index is 10.9. The molecule has 1 aromatic heterocycles. The average molecular weight is 269 g/mol. The highest BCUT2D eigenvalue weighted by Gasteiger charge is 1.97. The minimum Gasteiger partial charge on any atom is -0.487 e. The summed E-state index contributed by atoms with van der Waals surface area (Å²) >= 11 is 0. The van der Waals surface area contributed by atoms with Gasteiger partial charge in [0.2, 0.25) is 0 Å². The second kappa shape index (κ2) is 7.09. The van der Waals surface area contributed by atoms with E-state index in [0.717, 1.165) is 5.56 Å². The zero-order valence-corrected chi connectivity index (χ0v) is 11.2. The molecule has 0 saturated heterocycles. The van der Waals surface area contributed by atoms with E-state index in [4.69, 9.17) is 4.74 Å². The highest BCUT2D eigenvalue weighted by Crippen LogP contribution is 2.12. The van der Waals surface area contributed by atoms with Gasteiger partial charge in [0.05, 0.1) is 19.0 Å². The van der Waals surface area contributed by atoms with Crippen LogP contribution in [0.5, 0.6) is 5.75 Å². The van der Waals surface area contributed by atoms with Crippen molar-refractivity contribution in [2.24, 2.45) is 0 Å². The Morgan fingerprint density at radius 3 is 2.65 bits per heavy atom. The van der Waals surface area contributed by atoms with E-state index in [1.54, 1.807) is 18.3 Å². The first kappa shape index (κ1) is 13.8. The van der Waals surface area contributed by atoms with Crippen LogP contribution in [-0.4, -0.2) is 18.1 Å². The lowest BCUT2D eigenvalue weighted by Crippen LogP contribution is -1.96. The molecule has 4 nitrogen and oxygen atoms in total. The van der Waals surface area contributed by atoms with Crippen LogP contribution in [-0.2, 0) is 16.1 Å². The molecule has 0 bridgehead atoms. The molecule has 0 amide bonds. The van der Waals surface area contributed by atoms with Crippen molar-refractivity contribution in [2.75, 3.05) is 7.11 Å². The van der Waals surface area contributed by atoms with Gasteiger partial charge in [0.25, 0.3) is 0 Å². The summed E-state index contributed by atoms with van der Waals surface area (Å²) in [6.45, 7) is 0.500. The molecule has 1 heterocycles. The lowest BCUT2D eigenvalue weighted by atomic mass is 10.2. The predicted molar refractivity (Wildman–Crippen MR) is 76.1 cm³/mol. The Balaban J connectivity index is 1.91. The fraction of sp³-hybridized carbons (Fsp3) is 0.125. The van der Waals surface area contributed by atoms with Crippen molar-refractivity contribution < 1.29 is 14.3 Å². The number of methoxy groups -OCH3 is 1. The average Bonchev–Trinajstić information content (AvgIpc) is 2.52. The van der Waals surface area contributed by atoms with Crippen molar-refractivity contribution in [1.29, 1.82) is 0 Å². The van der Waals surface area contributed by atoms with E-state index >= 15 is 0 Å². The van der Waals surface area contributed by atoms with Crippen molar-refractivity contribution in [1.82, 2.24) is 4.98 Å². The van der Waals surface area contributed by atoms with E-state index in [2.05, 4.69) is 9.72 Å². The molecule has 0 radical (unpaired) electrons. The fourth-order valence-corrected chi connectivity index (χ4v) is 1.54. The summed E-state index contributed by atoms with van der Waals surface area (Å²) in [4.78, 5) is 15.1. The van der Waals surface area contributed by atoms with Crippen LogP contribution in [0.4, 0.5) is 0 Å². The van der Waals surface area contributed by atoms with Crippen molar-refractivity contribution in [3.05, 3.63) is 66.0 Å². The highest BCUT2D eigenvalue weighted by atomic mass is 16.5. The highest BCUT2D eigenvalue weighted by molar-refractivity contribution is 5.86. The molecule has 0 N–H and O–H groups in total. The molecule has 0 spiro atoms. The monoisotopic (exact) mass is 269 g/mol. The number of carbonyl (C=O) groups is 1. The van der Waals surface area contributed by atoms with Crippen LogP contribution in [0.3, 0.4) is 0 Å². The largest absolute Gasteiger partial charge is 0.487 e. The fourth-order valence-electron chi connectivity index (χ4n) is 1.54. The topological polar surface area (TPSA) is 48.4 Å². The van der Waals surface area contributed by atoms with Crippen molar-refractivity contribution in [3.8, 4) is 5.75 Å². The van der Waals surface area contributed by atoms with E-state index < -0.39 is 5.97 Å². The lowest BCUT2D eigenvalue weighted by molar-refractivity contribution is -0.134. The smallest absolute Gasteiger partial charge is 0.330 e. The number of esters is 1. The number of rotatable bonds is 5. The minimum absolute atomic E-state index is 0.406. The number of benzene rings is 1. The molecule has 102 valence electrons. The van der Waals surface area contributed by atoms with Crippen LogP contribution in [0.15, 0.2) is 54.7 Å². The summed E-state index contributed by atoms with van der Waals surface area (Å²) in [7, 11) is 1.33. The van der Waals surface area contributed by atoms with Crippen LogP contribution in [0.1, 0.15) is 11.3 Å². The van der Waals surface area contributed by atoms with Crippen molar-refractivity contribution in [3.63, 3.8) is 0 Å². The number of carbonyl (C=O) groups excluding carboxylic acids is 1. The zero-order chi connectivity index (χ0) is 14.2. The summed E-state index contributed by atoms with van der Waals surface area (Å²) in [5, 5.41) is 0. The van der Waals surface area contributed by atoms with Gasteiger partial charge in [-0.15, -0.1) is 0 Å². The molecule has 0 aliphatic heterocycles. The van der Waals surface area contributed by atoms with Gasteiger partial charge in [-0.3, -0.25) is 4.98 Å². The van der Waals surface area contributed by atoms with E-state index in [1.807, 2.05) is 36.4 Å². The van der Waals surface area contributed by atoms with Crippen molar-refractivity contribution in [2.45, 2.75) is 6.61 Å². The van der Waals surface area contributed by atoms with Crippen LogP contribution in [0, 0.1) is 0 Å². The molecule has 0 atom stereocenters. The Morgan fingerprint density at radius 2 is 2.00 bits per heavy atom. The van der Waals surface area contributed by atoms with Gasteiger partial charge in [-0.2, -0.15) is 0 Å². The Hall–Kier alpha value is -2.62. The molecule has 0 fully saturated rings. The lowest BCUT2D eigenvalue weighted by Gasteiger charge is -2.05. The third-order valence-corrected chi connectivity index (χ3v) is 2.60. The first-order valence-electron chi connectivity index (χ1n) is 6.17. The maximum Gasteiger partial charge on any atom is 0.330 e. The molecule has 0 unspecified atom stereocenters. The number of nitrogens with zero attached hydrogens (tertiary/aromatic N) is 1. The van der Waals surface area contributed by atoms with Gasteiger partial charge in [0.15, 0.2) is 0 Å². The van der Waals surface area contributed by atoms with E-state index in [9.17, 15) is 4.79 Å². The molecule has 2 rings (SSSR count). The zero-order valence-electron chi connectivity index (χ0n) is 11.2. The SMILES string of the molecule is COC(=O)/C=C\c1ccc(OCc2ccccc2)cn1. The van der Waals surface area contributed by atoms with Gasteiger partial charge in [0.1, 0.15) is 12.4 Å². The van der Waals surface area contributed by atoms with E-state index in [1.165, 1.54) is 13.2 Å². The molecule has 2 aromatic rings. The minimum atomic E-state index is -0.406. The van der Waals surface area contributed by atoms with E-state index in [0.29, 0.717) is 18.1 Å². The van der Waals surface area contributed by atoms with Gasteiger partial charge in [0, 0.05) is 6.08 Å². The third-order valence-electron chi connectivity index (χ3n) is 2.60. The van der Waals surface area contributed by atoms with Gasteiger partial charge in [-0.25, -0.2) is 4.79 Å². The van der Waals surface area contributed by atoms with Gasteiger partial charge >= 0.3 is 5.97 Å². The molecule has 4 heteroatoms. The first-order chi connectivity index (χ1) is 9.78. The number of ether oxygens (including phenoxy) is 2. The van der Waals surface area contributed by atoms with Crippen LogP contribution in [0.25, 0.3) is 6.08 Å². The standard InChI is InChI=1S/C16H15NO3/c1-19-16(18)10-8-14-7-9-15(11-17-14)20-12-13-5-3-2-4-6-13/h2-11H,12H2,1H3/b10-8-. The first-order valence-corrected chi connectivity index (χ1v) is 6.17. The van der Waals surface area contributed by atoms with Gasteiger partial charge < -0.3 is 9.47 Å². The summed E-state index contributed by atoms with van der Waals surface area (Å²) < 4.78 is 10.1. The summed E-state index contributed by atoms with van der Waals surface area (Å²) in [5.74, 6) is 0.278. The van der Waals surface area contributed by atoms with Crippen LogP contribution < -0.4 is 4.74 Å². The van der Waals surface area contributed by atoms with Crippen molar-refractivity contribution >= 4 is 12.0 Å². The van der Waals surface area contributed by atoms with Crippen LogP contribution >= 0.6 is 0 Å². The quantitative estimate of drug-likeness (QED) is 0.618.